The lowest BCUT2D eigenvalue weighted by atomic mass is 10.1. The second-order valence-electron chi connectivity index (χ2n) is 5.68. The molecule has 0 unspecified atom stereocenters. The highest BCUT2D eigenvalue weighted by Crippen LogP contribution is 2.30. The summed E-state index contributed by atoms with van der Waals surface area (Å²) in [6, 6.07) is 10.2. The zero-order valence-corrected chi connectivity index (χ0v) is 14.1. The molecule has 0 radical (unpaired) electrons. The lowest BCUT2D eigenvalue weighted by Crippen LogP contribution is -2.06. The van der Waals surface area contributed by atoms with Crippen molar-refractivity contribution in [3.05, 3.63) is 52.5 Å². The standard InChI is InChI=1S/C17H14N4O3S/c1-2-25(23,24)11-4-6-14-12(9-11)13(17(22)18-14)7-10-3-5-15-16(8-10)20-21-19-15/h3-9,18,22H,2H2,1H3. The predicted molar refractivity (Wildman–Crippen MR) is 93.0 cm³/mol. The first-order chi connectivity index (χ1) is 12.0. The molecule has 0 fully saturated rings. The number of sulfone groups is 1. The van der Waals surface area contributed by atoms with Gasteiger partial charge in [0.15, 0.2) is 15.7 Å². The smallest absolute Gasteiger partial charge is 0.196 e. The maximum absolute atomic E-state index is 12.1. The number of nitrogens with one attached hydrogen (secondary N) is 1. The van der Waals surface area contributed by atoms with Crippen LogP contribution in [0.3, 0.4) is 0 Å². The summed E-state index contributed by atoms with van der Waals surface area (Å²) in [5.41, 5.74) is 1.84. The van der Waals surface area contributed by atoms with Gasteiger partial charge in [0.05, 0.1) is 10.6 Å². The fraction of sp³-hybridized carbons (Fsp3) is 0.118. The van der Waals surface area contributed by atoms with Gasteiger partial charge >= 0.3 is 0 Å². The van der Waals surface area contributed by atoms with Gasteiger partial charge in [-0.05, 0) is 46.8 Å². The number of nitrogens with zero attached hydrogens (tertiary/aromatic N) is 3. The van der Waals surface area contributed by atoms with Crippen molar-refractivity contribution in [3.8, 4) is 5.88 Å². The van der Waals surface area contributed by atoms with E-state index in [2.05, 4.69) is 20.4 Å². The number of fused-ring (bicyclic) bond motifs is 2. The van der Waals surface area contributed by atoms with E-state index in [0.717, 1.165) is 5.22 Å². The molecule has 0 saturated carbocycles. The van der Waals surface area contributed by atoms with Crippen LogP contribution in [0.25, 0.3) is 17.0 Å². The van der Waals surface area contributed by atoms with Gasteiger partial charge in [-0.2, -0.15) is 0 Å². The van der Waals surface area contributed by atoms with Gasteiger partial charge < -0.3 is 10.1 Å². The van der Waals surface area contributed by atoms with Gasteiger partial charge in [-0.3, -0.25) is 0 Å². The van der Waals surface area contributed by atoms with Crippen molar-refractivity contribution < 1.29 is 13.5 Å². The number of benzene rings is 2. The Morgan fingerprint density at radius 2 is 2.04 bits per heavy atom. The van der Waals surface area contributed by atoms with Gasteiger partial charge in [-0.25, -0.2) is 8.42 Å². The number of H-pyrrole nitrogens is 1. The van der Waals surface area contributed by atoms with Crippen LogP contribution in [-0.2, 0) is 9.84 Å². The molecule has 1 aromatic heterocycles. The van der Waals surface area contributed by atoms with Crippen molar-refractivity contribution in [3.63, 3.8) is 0 Å². The summed E-state index contributed by atoms with van der Waals surface area (Å²) in [6.45, 7) is 1.60. The Hall–Kier alpha value is -3.00. The summed E-state index contributed by atoms with van der Waals surface area (Å²) in [6.07, 6.45) is 1.77. The molecule has 2 N–H and O–H groups in total. The van der Waals surface area contributed by atoms with E-state index in [-0.39, 0.29) is 16.5 Å². The second-order valence-corrected chi connectivity index (χ2v) is 7.96. The van der Waals surface area contributed by atoms with E-state index in [1.165, 1.54) is 6.07 Å². The molecule has 1 aliphatic rings. The van der Waals surface area contributed by atoms with E-state index in [4.69, 9.17) is 0 Å². The minimum absolute atomic E-state index is 0.0205. The quantitative estimate of drug-likeness (QED) is 0.752. The summed E-state index contributed by atoms with van der Waals surface area (Å²) in [4.78, 5) is 3.10. The van der Waals surface area contributed by atoms with Crippen LogP contribution in [0.15, 0.2) is 56.7 Å². The Bertz CT molecular complexity index is 1260. The van der Waals surface area contributed by atoms with E-state index >= 15 is 0 Å². The van der Waals surface area contributed by atoms with E-state index in [0.29, 0.717) is 27.5 Å². The van der Waals surface area contributed by atoms with Crippen LogP contribution >= 0.6 is 0 Å². The third-order valence-electron chi connectivity index (χ3n) is 4.14. The normalized spacial score (nSPS) is 14.0. The van der Waals surface area contributed by atoms with E-state index in [9.17, 15) is 13.5 Å². The molecule has 7 nitrogen and oxygen atoms in total. The Kier molecular flexibility index (Phi) is 3.43. The molecule has 3 aromatic rings. The molecular formula is C17H14N4O3S. The average Bonchev–Trinajstić information content (AvgIpc) is 3.19. The highest BCUT2D eigenvalue weighted by atomic mass is 32.2. The van der Waals surface area contributed by atoms with Crippen molar-refractivity contribution in [1.29, 1.82) is 0 Å². The fourth-order valence-corrected chi connectivity index (χ4v) is 3.67. The highest BCUT2D eigenvalue weighted by molar-refractivity contribution is 7.91. The van der Waals surface area contributed by atoms with Gasteiger partial charge in [0.1, 0.15) is 11.0 Å². The van der Waals surface area contributed by atoms with Crippen LogP contribution in [0, 0.1) is 0 Å². The molecule has 0 spiro atoms. The third-order valence-corrected chi connectivity index (χ3v) is 5.88. The third kappa shape index (κ3) is 2.60. The van der Waals surface area contributed by atoms with Crippen LogP contribution in [0.1, 0.15) is 12.5 Å². The van der Waals surface area contributed by atoms with Gasteiger partial charge in [-0.1, -0.05) is 13.0 Å². The monoisotopic (exact) mass is 354 g/mol. The summed E-state index contributed by atoms with van der Waals surface area (Å²) in [5.74, 6) is 0.000615. The highest BCUT2D eigenvalue weighted by Gasteiger charge is 2.15. The van der Waals surface area contributed by atoms with Crippen LogP contribution in [0.5, 0.6) is 5.88 Å². The molecule has 25 heavy (non-hydrogen) atoms. The maximum Gasteiger partial charge on any atom is 0.196 e. The number of aromatic hydroxyl groups is 1. The molecular weight excluding hydrogens is 340 g/mol. The van der Waals surface area contributed by atoms with Crippen LogP contribution in [0.4, 0.5) is 5.69 Å². The van der Waals surface area contributed by atoms with Gasteiger partial charge in [0.25, 0.3) is 0 Å². The number of hydrogen-bond donors (Lipinski definition) is 2. The zero-order chi connectivity index (χ0) is 17.6. The first kappa shape index (κ1) is 15.5. The average molecular weight is 354 g/mol. The number of aromatic amines is 1. The lowest BCUT2D eigenvalue weighted by Gasteiger charge is -2.01. The summed E-state index contributed by atoms with van der Waals surface area (Å²) >= 11 is 0. The lowest BCUT2D eigenvalue weighted by molar-refractivity contribution is 0.457. The molecule has 2 aromatic carbocycles. The number of rotatable bonds is 3. The Balaban J connectivity index is 1.94. The molecule has 4 rings (SSSR count). The SMILES string of the molecule is CCS(=O)(=O)c1ccc2[nH]c(O)c(C=c3ccc4c(c3)N=NN=4)c2c1. The molecule has 0 atom stereocenters. The second kappa shape index (κ2) is 5.52. The van der Waals surface area contributed by atoms with Crippen molar-refractivity contribution in [2.24, 2.45) is 15.4 Å². The van der Waals surface area contributed by atoms with E-state index in [1.807, 2.05) is 6.07 Å². The minimum atomic E-state index is -3.33. The van der Waals surface area contributed by atoms with E-state index < -0.39 is 9.84 Å². The molecule has 8 heteroatoms. The van der Waals surface area contributed by atoms with Crippen molar-refractivity contribution in [1.82, 2.24) is 4.98 Å². The molecule has 2 heterocycles. The van der Waals surface area contributed by atoms with Crippen molar-refractivity contribution in [2.45, 2.75) is 11.8 Å². The first-order valence-corrected chi connectivity index (χ1v) is 9.31. The maximum atomic E-state index is 12.1. The molecule has 1 aliphatic heterocycles. The molecule has 0 saturated heterocycles. The molecule has 126 valence electrons. The van der Waals surface area contributed by atoms with Crippen LogP contribution < -0.4 is 10.6 Å². The number of aromatic nitrogens is 1. The first-order valence-electron chi connectivity index (χ1n) is 7.66. The van der Waals surface area contributed by atoms with Crippen LogP contribution in [0.2, 0.25) is 0 Å². The van der Waals surface area contributed by atoms with Gasteiger partial charge in [0.2, 0.25) is 0 Å². The van der Waals surface area contributed by atoms with Crippen molar-refractivity contribution in [2.75, 3.05) is 5.75 Å². The predicted octanol–water partition coefficient (Wildman–Crippen LogP) is 2.13. The Labute approximate surface area is 143 Å². The fourth-order valence-electron chi connectivity index (χ4n) is 2.76. The van der Waals surface area contributed by atoms with Crippen molar-refractivity contribution >= 4 is 32.5 Å². The molecule has 0 aliphatic carbocycles. The molecule has 0 amide bonds. The Morgan fingerprint density at radius 3 is 2.84 bits per heavy atom. The van der Waals surface area contributed by atoms with E-state index in [1.54, 1.807) is 37.3 Å². The summed E-state index contributed by atoms with van der Waals surface area (Å²) < 4.78 is 24.3. The topological polar surface area (TPSA) is 107 Å². The largest absolute Gasteiger partial charge is 0.494 e. The van der Waals surface area contributed by atoms with Gasteiger partial charge in [-0.15, -0.1) is 10.2 Å². The Morgan fingerprint density at radius 1 is 1.20 bits per heavy atom. The zero-order valence-electron chi connectivity index (χ0n) is 13.3. The summed E-state index contributed by atoms with van der Waals surface area (Å²) in [5, 5.41) is 23.8. The molecule has 0 bridgehead atoms. The summed E-state index contributed by atoms with van der Waals surface area (Å²) in [7, 11) is -3.33. The minimum Gasteiger partial charge on any atom is -0.494 e. The van der Waals surface area contributed by atoms with Crippen LogP contribution in [-0.4, -0.2) is 24.3 Å². The van der Waals surface area contributed by atoms with Gasteiger partial charge in [0, 0.05) is 16.5 Å². The number of hydrogen-bond acceptors (Lipinski definition) is 6.